The Labute approximate surface area is 152 Å². The van der Waals surface area contributed by atoms with Gasteiger partial charge < -0.3 is 4.74 Å². The Morgan fingerprint density at radius 1 is 1.11 bits per heavy atom. The van der Waals surface area contributed by atoms with Crippen LogP contribution in [-0.2, 0) is 0 Å². The van der Waals surface area contributed by atoms with E-state index in [2.05, 4.69) is 26.0 Å². The van der Waals surface area contributed by atoms with Crippen LogP contribution in [0.1, 0.15) is 12.5 Å². The Morgan fingerprint density at radius 2 is 1.89 bits per heavy atom. The second-order valence-electron chi connectivity index (χ2n) is 5.74. The number of pyridine rings is 2. The average molecular weight is 359 g/mol. The summed E-state index contributed by atoms with van der Waals surface area (Å²) < 4.78 is 5.54. The van der Waals surface area contributed by atoms with Crippen molar-refractivity contribution in [2.75, 3.05) is 6.61 Å². The van der Waals surface area contributed by atoms with E-state index in [-0.39, 0.29) is 28.1 Å². The van der Waals surface area contributed by atoms with E-state index >= 15 is 0 Å². The van der Waals surface area contributed by atoms with Crippen molar-refractivity contribution in [2.45, 2.75) is 6.92 Å². The molecule has 0 bridgehead atoms. The van der Waals surface area contributed by atoms with E-state index in [0.717, 1.165) is 5.56 Å². The Hall–Kier alpha value is -3.99. The molecule has 8 heteroatoms. The molecular formula is C19H13N5O3. The number of nitrogens with zero attached hydrogens (tertiary/aromatic N) is 3. The minimum absolute atomic E-state index is 0.120. The Balaban J connectivity index is 2.22. The molecule has 0 spiro atoms. The molecule has 8 nitrogen and oxygen atoms in total. The third-order valence-electron chi connectivity index (χ3n) is 4.10. The van der Waals surface area contributed by atoms with Crippen molar-refractivity contribution in [3.8, 4) is 23.1 Å². The van der Waals surface area contributed by atoms with E-state index in [1.165, 1.54) is 0 Å². The lowest BCUT2D eigenvalue weighted by Gasteiger charge is -2.13. The summed E-state index contributed by atoms with van der Waals surface area (Å²) >= 11 is 0. The molecule has 0 fully saturated rings. The van der Waals surface area contributed by atoms with Gasteiger partial charge in [0, 0.05) is 10.9 Å². The fraction of sp³-hybridized carbons (Fsp3) is 0.105. The summed E-state index contributed by atoms with van der Waals surface area (Å²) in [6, 6.07) is 13.0. The number of aromatic amines is 2. The van der Waals surface area contributed by atoms with Gasteiger partial charge in [-0.1, -0.05) is 30.3 Å². The number of aromatic nitrogens is 4. The summed E-state index contributed by atoms with van der Waals surface area (Å²) in [4.78, 5) is 37.1. The maximum absolute atomic E-state index is 12.2. The highest BCUT2D eigenvalue weighted by atomic mass is 16.5. The highest BCUT2D eigenvalue weighted by Gasteiger charge is 2.19. The summed E-state index contributed by atoms with van der Waals surface area (Å²) in [5, 5.41) is 10.5. The molecule has 0 radical (unpaired) electrons. The van der Waals surface area contributed by atoms with Gasteiger partial charge in [0.05, 0.1) is 12.0 Å². The van der Waals surface area contributed by atoms with E-state index in [1.807, 2.05) is 30.3 Å². The zero-order valence-electron chi connectivity index (χ0n) is 14.2. The lowest BCUT2D eigenvalue weighted by molar-refractivity contribution is 0.327. The van der Waals surface area contributed by atoms with Crippen LogP contribution in [0, 0.1) is 11.3 Å². The smallest absolute Gasteiger partial charge is 0.327 e. The van der Waals surface area contributed by atoms with Crippen LogP contribution in [0.25, 0.3) is 33.2 Å². The first kappa shape index (κ1) is 16.5. The van der Waals surface area contributed by atoms with E-state index in [9.17, 15) is 14.9 Å². The van der Waals surface area contributed by atoms with Gasteiger partial charge in [-0.3, -0.25) is 14.8 Å². The van der Waals surface area contributed by atoms with Gasteiger partial charge >= 0.3 is 5.69 Å². The van der Waals surface area contributed by atoms with Crippen molar-refractivity contribution in [1.29, 1.82) is 5.26 Å². The van der Waals surface area contributed by atoms with Crippen LogP contribution in [0.15, 0.2) is 46.0 Å². The Morgan fingerprint density at radius 3 is 2.59 bits per heavy atom. The molecule has 1 aromatic carbocycles. The van der Waals surface area contributed by atoms with Crippen molar-refractivity contribution in [3.05, 3.63) is 62.8 Å². The zero-order chi connectivity index (χ0) is 19.0. The van der Waals surface area contributed by atoms with Crippen LogP contribution < -0.4 is 16.0 Å². The first-order chi connectivity index (χ1) is 13.1. The van der Waals surface area contributed by atoms with Crippen molar-refractivity contribution in [1.82, 2.24) is 19.9 Å². The summed E-state index contributed by atoms with van der Waals surface area (Å²) in [7, 11) is 0. The molecule has 132 valence electrons. The van der Waals surface area contributed by atoms with Gasteiger partial charge in [-0.25, -0.2) is 9.78 Å². The Kier molecular flexibility index (Phi) is 3.90. The molecule has 4 aromatic rings. The van der Waals surface area contributed by atoms with E-state index in [0.29, 0.717) is 17.6 Å². The predicted molar refractivity (Wildman–Crippen MR) is 99.6 cm³/mol. The van der Waals surface area contributed by atoms with E-state index < -0.39 is 11.2 Å². The van der Waals surface area contributed by atoms with Crippen LogP contribution in [0.4, 0.5) is 0 Å². The largest absolute Gasteiger partial charge is 0.477 e. The summed E-state index contributed by atoms with van der Waals surface area (Å²) in [6.07, 6.45) is 0. The molecule has 27 heavy (non-hydrogen) atoms. The average Bonchev–Trinajstić information content (AvgIpc) is 2.66. The van der Waals surface area contributed by atoms with Gasteiger partial charge in [0.1, 0.15) is 17.3 Å². The fourth-order valence-electron chi connectivity index (χ4n) is 2.99. The topological polar surface area (TPSA) is 125 Å². The minimum Gasteiger partial charge on any atom is -0.477 e. The van der Waals surface area contributed by atoms with Crippen LogP contribution in [0.2, 0.25) is 0 Å². The zero-order valence-corrected chi connectivity index (χ0v) is 14.2. The molecule has 0 atom stereocenters. The van der Waals surface area contributed by atoms with Crippen molar-refractivity contribution in [3.63, 3.8) is 0 Å². The molecule has 0 aliphatic carbocycles. The number of H-pyrrole nitrogens is 2. The van der Waals surface area contributed by atoms with Gasteiger partial charge in [-0.2, -0.15) is 10.2 Å². The highest BCUT2D eigenvalue weighted by Crippen LogP contribution is 2.35. The van der Waals surface area contributed by atoms with Gasteiger partial charge in [-0.15, -0.1) is 0 Å². The maximum atomic E-state index is 12.2. The molecule has 0 amide bonds. The standard InChI is InChI=1S/C19H13N5O3/c1-2-27-18-13(9-20)14(10-6-4-3-5-7-10)11-8-12-16(21-15(11)22-18)23-19(26)24-17(12)25/h3-8H,2H2,1H3,(H2,21,22,23,24,25,26). The van der Waals surface area contributed by atoms with Crippen LogP contribution in [0.3, 0.4) is 0 Å². The van der Waals surface area contributed by atoms with Crippen LogP contribution >= 0.6 is 0 Å². The lowest BCUT2D eigenvalue weighted by atomic mass is 9.97. The monoisotopic (exact) mass is 359 g/mol. The summed E-state index contributed by atoms with van der Waals surface area (Å²) in [5.74, 6) is 0.158. The van der Waals surface area contributed by atoms with Gasteiger partial charge in [-0.05, 0) is 18.6 Å². The summed E-state index contributed by atoms with van der Waals surface area (Å²) in [6.45, 7) is 2.12. The second kappa shape index (κ2) is 6.38. The third-order valence-corrected chi connectivity index (χ3v) is 4.10. The molecule has 2 N–H and O–H groups in total. The second-order valence-corrected chi connectivity index (χ2v) is 5.74. The number of ether oxygens (including phenoxy) is 1. The lowest BCUT2D eigenvalue weighted by Crippen LogP contribution is -2.22. The predicted octanol–water partition coefficient (Wildman–Crippen LogP) is 2.10. The molecule has 3 aromatic heterocycles. The molecule has 0 saturated carbocycles. The number of rotatable bonds is 3. The first-order valence-corrected chi connectivity index (χ1v) is 8.21. The molecule has 0 saturated heterocycles. The molecule has 4 rings (SSSR count). The maximum Gasteiger partial charge on any atom is 0.327 e. The number of nitriles is 1. The minimum atomic E-state index is -0.652. The highest BCUT2D eigenvalue weighted by molar-refractivity contribution is 6.01. The normalized spacial score (nSPS) is 10.8. The van der Waals surface area contributed by atoms with Crippen molar-refractivity contribution < 1.29 is 4.74 Å². The fourth-order valence-corrected chi connectivity index (χ4v) is 2.99. The number of nitrogens with one attached hydrogen (secondary N) is 2. The van der Waals surface area contributed by atoms with Gasteiger partial charge in [0.15, 0.2) is 5.65 Å². The molecule has 0 aliphatic heterocycles. The number of benzene rings is 1. The van der Waals surface area contributed by atoms with Gasteiger partial charge in [0.2, 0.25) is 5.88 Å². The SMILES string of the molecule is CCOc1nc2nc3[nH]c(=O)[nH]c(=O)c3cc2c(-c2ccccc2)c1C#N. The molecular weight excluding hydrogens is 346 g/mol. The van der Waals surface area contributed by atoms with E-state index in [1.54, 1.807) is 13.0 Å². The van der Waals surface area contributed by atoms with Crippen LogP contribution in [-0.4, -0.2) is 26.5 Å². The first-order valence-electron chi connectivity index (χ1n) is 8.21. The Bertz CT molecular complexity index is 1330. The van der Waals surface area contributed by atoms with Crippen molar-refractivity contribution >= 4 is 22.1 Å². The third kappa shape index (κ3) is 2.71. The van der Waals surface area contributed by atoms with Crippen LogP contribution in [0.5, 0.6) is 5.88 Å². The summed E-state index contributed by atoms with van der Waals surface area (Å²) in [5.41, 5.74) is 0.782. The number of fused-ring (bicyclic) bond motifs is 2. The quantitative estimate of drug-likeness (QED) is 0.540. The number of hydrogen-bond acceptors (Lipinski definition) is 6. The molecule has 3 heterocycles. The number of hydrogen-bond donors (Lipinski definition) is 2. The molecule has 0 aliphatic rings. The molecule has 0 unspecified atom stereocenters. The van der Waals surface area contributed by atoms with Gasteiger partial charge in [0.25, 0.3) is 5.56 Å². The van der Waals surface area contributed by atoms with Crippen molar-refractivity contribution in [2.24, 2.45) is 0 Å². The van der Waals surface area contributed by atoms with E-state index in [4.69, 9.17) is 4.74 Å².